The summed E-state index contributed by atoms with van der Waals surface area (Å²) in [5.74, 6) is 0.220. The van der Waals surface area contributed by atoms with E-state index in [1.165, 1.54) is 21.9 Å². The van der Waals surface area contributed by atoms with Crippen LogP contribution >= 0.6 is 0 Å². The number of fused-ring (bicyclic) bond motifs is 1. The summed E-state index contributed by atoms with van der Waals surface area (Å²) in [4.78, 5) is 17.8. The Balaban J connectivity index is 1.43. The highest BCUT2D eigenvalue weighted by Gasteiger charge is 2.23. The van der Waals surface area contributed by atoms with Crippen LogP contribution in [0.5, 0.6) is 0 Å². The Labute approximate surface area is 185 Å². The van der Waals surface area contributed by atoms with Crippen molar-refractivity contribution < 1.29 is 9.53 Å². The van der Waals surface area contributed by atoms with E-state index >= 15 is 0 Å². The Hall–Kier alpha value is -2.69. The molecule has 0 bridgehead atoms. The van der Waals surface area contributed by atoms with Gasteiger partial charge in [0.1, 0.15) is 0 Å². The lowest BCUT2D eigenvalue weighted by atomic mass is 10.0. The van der Waals surface area contributed by atoms with Crippen molar-refractivity contribution in [2.75, 3.05) is 32.8 Å². The van der Waals surface area contributed by atoms with Crippen LogP contribution in [0.3, 0.4) is 0 Å². The first-order chi connectivity index (χ1) is 15.2. The third-order valence-electron chi connectivity index (χ3n) is 6.12. The van der Waals surface area contributed by atoms with E-state index in [1.807, 2.05) is 18.2 Å². The lowest BCUT2D eigenvalue weighted by Gasteiger charge is -2.35. The molecule has 0 aliphatic carbocycles. The second-order valence-corrected chi connectivity index (χ2v) is 8.45. The molecule has 1 fully saturated rings. The lowest BCUT2D eigenvalue weighted by molar-refractivity contribution is -0.134. The zero-order chi connectivity index (χ0) is 21.5. The number of nitrogens with zero attached hydrogens (tertiary/aromatic N) is 2. The van der Waals surface area contributed by atoms with Crippen LogP contribution in [0.25, 0.3) is 10.8 Å². The molecule has 4 rings (SSSR count). The minimum Gasteiger partial charge on any atom is -0.379 e. The van der Waals surface area contributed by atoms with Crippen molar-refractivity contribution in [3.05, 3.63) is 83.9 Å². The number of carbonyl (C=O) groups excluding carboxylic acids is 1. The third-order valence-corrected chi connectivity index (χ3v) is 6.12. The average Bonchev–Trinajstić information content (AvgIpc) is 2.82. The van der Waals surface area contributed by atoms with E-state index in [0.29, 0.717) is 13.0 Å². The van der Waals surface area contributed by atoms with Crippen molar-refractivity contribution in [1.29, 1.82) is 0 Å². The van der Waals surface area contributed by atoms with Gasteiger partial charge in [-0.3, -0.25) is 9.69 Å². The van der Waals surface area contributed by atoms with Crippen molar-refractivity contribution in [1.82, 2.24) is 9.80 Å². The second kappa shape index (κ2) is 10.6. The number of ether oxygens (including phenoxy) is 1. The molecule has 1 heterocycles. The number of hydrogen-bond donors (Lipinski definition) is 0. The van der Waals surface area contributed by atoms with Crippen LogP contribution in [-0.4, -0.2) is 54.6 Å². The zero-order valence-corrected chi connectivity index (χ0v) is 18.4. The third kappa shape index (κ3) is 5.93. The van der Waals surface area contributed by atoms with Gasteiger partial charge in [0.15, 0.2) is 0 Å². The summed E-state index contributed by atoms with van der Waals surface area (Å²) < 4.78 is 5.48. The lowest BCUT2D eigenvalue weighted by Crippen LogP contribution is -2.48. The molecule has 3 aromatic carbocycles. The van der Waals surface area contributed by atoms with Gasteiger partial charge in [0.25, 0.3) is 0 Å². The topological polar surface area (TPSA) is 32.8 Å². The fraction of sp³-hybridized carbons (Fsp3) is 0.370. The highest BCUT2D eigenvalue weighted by atomic mass is 16.5. The van der Waals surface area contributed by atoms with Gasteiger partial charge in [-0.1, -0.05) is 72.8 Å². The number of rotatable bonds is 8. The highest BCUT2D eigenvalue weighted by molar-refractivity contribution is 5.83. The van der Waals surface area contributed by atoms with Gasteiger partial charge in [0.05, 0.1) is 13.2 Å². The predicted octanol–water partition coefficient (Wildman–Crippen LogP) is 4.52. The maximum absolute atomic E-state index is 13.4. The maximum atomic E-state index is 13.4. The molecule has 1 unspecified atom stereocenters. The molecule has 1 aliphatic heterocycles. The monoisotopic (exact) mass is 416 g/mol. The smallest absolute Gasteiger partial charge is 0.223 e. The van der Waals surface area contributed by atoms with E-state index in [9.17, 15) is 4.79 Å². The summed E-state index contributed by atoms with van der Waals surface area (Å²) in [6, 6.07) is 25.3. The second-order valence-electron chi connectivity index (χ2n) is 8.45. The summed E-state index contributed by atoms with van der Waals surface area (Å²) in [6.07, 6.45) is 1.29. The van der Waals surface area contributed by atoms with Crippen LogP contribution < -0.4 is 0 Å². The molecule has 1 aliphatic rings. The minimum absolute atomic E-state index is 0.155. The number of morpholine rings is 1. The van der Waals surface area contributed by atoms with Crippen molar-refractivity contribution in [2.24, 2.45) is 0 Å². The molecule has 3 aromatic rings. The Kier molecular flexibility index (Phi) is 7.34. The van der Waals surface area contributed by atoms with E-state index < -0.39 is 0 Å². The largest absolute Gasteiger partial charge is 0.379 e. The first kappa shape index (κ1) is 21.5. The maximum Gasteiger partial charge on any atom is 0.223 e. The SMILES string of the molecule is CC(CN1CCOCC1)N(Cc1ccccc1)C(=O)CCc1ccc2ccccc2c1. The number of aryl methyl sites for hydroxylation is 1. The Morgan fingerprint density at radius 1 is 0.935 bits per heavy atom. The van der Waals surface area contributed by atoms with Gasteiger partial charge in [0.2, 0.25) is 5.91 Å². The summed E-state index contributed by atoms with van der Waals surface area (Å²) in [6.45, 7) is 7.15. The summed E-state index contributed by atoms with van der Waals surface area (Å²) in [5.41, 5.74) is 2.39. The van der Waals surface area contributed by atoms with E-state index in [4.69, 9.17) is 4.74 Å². The van der Waals surface area contributed by atoms with Crippen molar-refractivity contribution >= 4 is 16.7 Å². The molecule has 0 saturated carbocycles. The minimum atomic E-state index is 0.155. The number of carbonyl (C=O) groups is 1. The van der Waals surface area contributed by atoms with Gasteiger partial charge in [-0.2, -0.15) is 0 Å². The standard InChI is InChI=1S/C27H32N2O2/c1-22(20-28-15-17-31-18-16-28)29(21-24-7-3-2-4-8-24)27(30)14-12-23-11-13-25-9-5-6-10-26(25)19-23/h2-11,13,19,22H,12,14-18,20-21H2,1H3. The van der Waals surface area contributed by atoms with Crippen LogP contribution in [0.15, 0.2) is 72.8 Å². The molecular weight excluding hydrogens is 384 g/mol. The number of hydrogen-bond acceptors (Lipinski definition) is 3. The van der Waals surface area contributed by atoms with Crippen LogP contribution in [0.4, 0.5) is 0 Å². The fourth-order valence-corrected chi connectivity index (χ4v) is 4.32. The van der Waals surface area contributed by atoms with Gasteiger partial charge >= 0.3 is 0 Å². The molecule has 162 valence electrons. The summed E-state index contributed by atoms with van der Waals surface area (Å²) >= 11 is 0. The normalized spacial score (nSPS) is 15.6. The van der Waals surface area contributed by atoms with E-state index in [0.717, 1.165) is 39.3 Å². The molecule has 0 spiro atoms. The highest BCUT2D eigenvalue weighted by Crippen LogP contribution is 2.18. The average molecular weight is 417 g/mol. The van der Waals surface area contributed by atoms with Crippen LogP contribution in [-0.2, 0) is 22.5 Å². The zero-order valence-electron chi connectivity index (χ0n) is 18.4. The number of amides is 1. The van der Waals surface area contributed by atoms with E-state index in [-0.39, 0.29) is 11.9 Å². The molecular formula is C27H32N2O2. The number of benzene rings is 3. The molecule has 1 saturated heterocycles. The molecule has 31 heavy (non-hydrogen) atoms. The fourth-order valence-electron chi connectivity index (χ4n) is 4.32. The van der Waals surface area contributed by atoms with Gasteiger partial charge in [-0.05, 0) is 35.2 Å². The van der Waals surface area contributed by atoms with Crippen molar-refractivity contribution in [3.8, 4) is 0 Å². The molecule has 4 heteroatoms. The van der Waals surface area contributed by atoms with Crippen molar-refractivity contribution in [2.45, 2.75) is 32.4 Å². The molecule has 0 aromatic heterocycles. The van der Waals surface area contributed by atoms with Gasteiger partial charge < -0.3 is 9.64 Å². The van der Waals surface area contributed by atoms with Gasteiger partial charge in [-0.15, -0.1) is 0 Å². The van der Waals surface area contributed by atoms with E-state index in [1.54, 1.807) is 0 Å². The summed E-state index contributed by atoms with van der Waals surface area (Å²) in [7, 11) is 0. The predicted molar refractivity (Wildman–Crippen MR) is 126 cm³/mol. The molecule has 1 amide bonds. The molecule has 4 nitrogen and oxygen atoms in total. The first-order valence-corrected chi connectivity index (χ1v) is 11.3. The molecule has 1 atom stereocenters. The van der Waals surface area contributed by atoms with Gasteiger partial charge in [-0.25, -0.2) is 0 Å². The Morgan fingerprint density at radius 2 is 1.65 bits per heavy atom. The Bertz CT molecular complexity index is 983. The van der Waals surface area contributed by atoms with E-state index in [2.05, 4.69) is 71.3 Å². The van der Waals surface area contributed by atoms with Crippen molar-refractivity contribution in [3.63, 3.8) is 0 Å². The Morgan fingerprint density at radius 3 is 2.42 bits per heavy atom. The summed E-state index contributed by atoms with van der Waals surface area (Å²) in [5, 5.41) is 2.47. The van der Waals surface area contributed by atoms with Crippen LogP contribution in [0.1, 0.15) is 24.5 Å². The van der Waals surface area contributed by atoms with Crippen LogP contribution in [0.2, 0.25) is 0 Å². The first-order valence-electron chi connectivity index (χ1n) is 11.3. The quantitative estimate of drug-likeness (QED) is 0.541. The van der Waals surface area contributed by atoms with Crippen LogP contribution in [0, 0.1) is 0 Å². The molecule has 0 radical (unpaired) electrons. The van der Waals surface area contributed by atoms with Gasteiger partial charge in [0, 0.05) is 38.6 Å². The molecule has 0 N–H and O–H groups in total.